The van der Waals surface area contributed by atoms with Gasteiger partial charge in [-0.1, -0.05) is 23.7 Å². The predicted octanol–water partition coefficient (Wildman–Crippen LogP) is 4.40. The summed E-state index contributed by atoms with van der Waals surface area (Å²) >= 11 is 6.36. The first kappa shape index (κ1) is 17.1. The molecule has 26 heavy (non-hydrogen) atoms. The zero-order valence-corrected chi connectivity index (χ0v) is 15.2. The largest absolute Gasteiger partial charge is 0.463 e. The van der Waals surface area contributed by atoms with Crippen LogP contribution in [0.2, 0.25) is 5.02 Å². The van der Waals surface area contributed by atoms with Crippen molar-refractivity contribution in [2.24, 2.45) is 0 Å². The van der Waals surface area contributed by atoms with Crippen molar-refractivity contribution in [1.29, 1.82) is 0 Å². The zero-order chi connectivity index (χ0) is 18.1. The smallest absolute Gasteiger partial charge is 0.254 e. The minimum Gasteiger partial charge on any atom is -0.463 e. The molecule has 1 fully saturated rings. The molecule has 0 N–H and O–H groups in total. The van der Waals surface area contributed by atoms with Crippen molar-refractivity contribution >= 4 is 28.4 Å². The fourth-order valence-electron chi connectivity index (χ4n) is 3.29. The molecule has 3 aromatic rings. The molecule has 1 saturated heterocycles. The quantitative estimate of drug-likeness (QED) is 0.671. The van der Waals surface area contributed by atoms with Crippen LogP contribution >= 0.6 is 11.6 Å². The van der Waals surface area contributed by atoms with Gasteiger partial charge in [-0.2, -0.15) is 0 Å². The molecule has 0 spiro atoms. The Bertz CT molecular complexity index is 940. The van der Waals surface area contributed by atoms with Gasteiger partial charge in [0.05, 0.1) is 28.5 Å². The highest BCUT2D eigenvalue weighted by Gasteiger charge is 2.24. The number of hydrogen-bond donors (Lipinski definition) is 0. The van der Waals surface area contributed by atoms with Crippen molar-refractivity contribution in [2.75, 3.05) is 19.7 Å². The highest BCUT2D eigenvalue weighted by molar-refractivity contribution is 6.35. The van der Waals surface area contributed by atoms with Gasteiger partial charge in [-0.25, -0.2) is 4.98 Å². The Balaban J connectivity index is 1.85. The molecule has 1 unspecified atom stereocenters. The molecule has 0 bridgehead atoms. The Morgan fingerprint density at radius 2 is 2.19 bits per heavy atom. The summed E-state index contributed by atoms with van der Waals surface area (Å²) in [4.78, 5) is 19.8. The van der Waals surface area contributed by atoms with Gasteiger partial charge in [0.15, 0.2) is 5.76 Å². The van der Waals surface area contributed by atoms with Crippen LogP contribution in [0.3, 0.4) is 0 Å². The van der Waals surface area contributed by atoms with Gasteiger partial charge >= 0.3 is 0 Å². The number of nitrogens with zero attached hydrogens (tertiary/aromatic N) is 2. The van der Waals surface area contributed by atoms with E-state index in [1.165, 1.54) is 0 Å². The van der Waals surface area contributed by atoms with Crippen molar-refractivity contribution < 1.29 is 13.9 Å². The van der Waals surface area contributed by atoms with Gasteiger partial charge in [-0.3, -0.25) is 4.79 Å². The van der Waals surface area contributed by atoms with E-state index in [-0.39, 0.29) is 12.0 Å². The molecule has 6 heteroatoms. The minimum atomic E-state index is -0.0372. The molecule has 1 atom stereocenters. The van der Waals surface area contributed by atoms with Gasteiger partial charge in [0, 0.05) is 25.1 Å². The van der Waals surface area contributed by atoms with E-state index in [0.29, 0.717) is 47.3 Å². The number of carbonyl (C=O) groups is 1. The van der Waals surface area contributed by atoms with Crippen molar-refractivity contribution in [2.45, 2.75) is 19.4 Å². The number of para-hydroxylation sites is 1. The maximum Gasteiger partial charge on any atom is 0.254 e. The number of rotatable bonds is 2. The van der Waals surface area contributed by atoms with Crippen LogP contribution in [0.5, 0.6) is 0 Å². The van der Waals surface area contributed by atoms with Crippen molar-refractivity contribution in [3.05, 3.63) is 53.2 Å². The highest BCUT2D eigenvalue weighted by Crippen LogP contribution is 2.30. The lowest BCUT2D eigenvalue weighted by Crippen LogP contribution is -2.36. The second kappa shape index (κ2) is 7.09. The zero-order valence-electron chi connectivity index (χ0n) is 14.4. The number of pyridine rings is 1. The van der Waals surface area contributed by atoms with Gasteiger partial charge in [0.25, 0.3) is 5.91 Å². The lowest BCUT2D eigenvalue weighted by atomic mass is 10.0. The monoisotopic (exact) mass is 370 g/mol. The van der Waals surface area contributed by atoms with E-state index in [1.807, 2.05) is 30.0 Å². The molecule has 0 aliphatic carbocycles. The predicted molar refractivity (Wildman–Crippen MR) is 100 cm³/mol. The van der Waals surface area contributed by atoms with Crippen LogP contribution < -0.4 is 0 Å². The summed E-state index contributed by atoms with van der Waals surface area (Å²) in [6.07, 6.45) is 2.43. The van der Waals surface area contributed by atoms with E-state index >= 15 is 0 Å². The Hall–Kier alpha value is -2.37. The SMILES string of the molecule is CC1CN(C(=O)c2cc(-c3ccco3)nc3c(Cl)cccc23)CCCO1. The van der Waals surface area contributed by atoms with Crippen LogP contribution in [0.15, 0.2) is 47.1 Å². The van der Waals surface area contributed by atoms with Gasteiger partial charge in [-0.05, 0) is 37.6 Å². The van der Waals surface area contributed by atoms with E-state index in [4.69, 9.17) is 20.8 Å². The maximum atomic E-state index is 13.3. The molecule has 2 aromatic heterocycles. The summed E-state index contributed by atoms with van der Waals surface area (Å²) in [7, 11) is 0. The van der Waals surface area contributed by atoms with Crippen LogP contribution in [0.4, 0.5) is 0 Å². The van der Waals surface area contributed by atoms with E-state index in [9.17, 15) is 4.79 Å². The van der Waals surface area contributed by atoms with Gasteiger partial charge in [0.1, 0.15) is 5.69 Å². The summed E-state index contributed by atoms with van der Waals surface area (Å²) in [5.74, 6) is 0.568. The number of aromatic nitrogens is 1. The molecular weight excluding hydrogens is 352 g/mol. The molecule has 1 aliphatic rings. The molecule has 1 aliphatic heterocycles. The second-order valence-corrected chi connectivity index (χ2v) is 6.86. The van der Waals surface area contributed by atoms with Crippen LogP contribution in [-0.2, 0) is 4.74 Å². The molecule has 5 nitrogen and oxygen atoms in total. The van der Waals surface area contributed by atoms with Gasteiger partial charge < -0.3 is 14.1 Å². The number of carbonyl (C=O) groups excluding carboxylic acids is 1. The number of halogens is 1. The molecular formula is C20H19ClN2O3. The average Bonchev–Trinajstić information content (AvgIpc) is 3.09. The Morgan fingerprint density at radius 1 is 1.31 bits per heavy atom. The third-order valence-electron chi connectivity index (χ3n) is 4.53. The van der Waals surface area contributed by atoms with Gasteiger partial charge in [0.2, 0.25) is 0 Å². The number of ether oxygens (including phenoxy) is 1. The fourth-order valence-corrected chi connectivity index (χ4v) is 3.51. The first-order chi connectivity index (χ1) is 12.6. The van der Waals surface area contributed by atoms with E-state index < -0.39 is 0 Å². The average molecular weight is 371 g/mol. The molecule has 3 heterocycles. The maximum absolute atomic E-state index is 13.3. The van der Waals surface area contributed by atoms with E-state index in [2.05, 4.69) is 4.98 Å². The van der Waals surface area contributed by atoms with E-state index in [1.54, 1.807) is 24.5 Å². The molecule has 1 aromatic carbocycles. The number of benzene rings is 1. The van der Waals surface area contributed by atoms with Crippen molar-refractivity contribution in [3.8, 4) is 11.5 Å². The highest BCUT2D eigenvalue weighted by atomic mass is 35.5. The lowest BCUT2D eigenvalue weighted by molar-refractivity contribution is 0.0564. The standard InChI is InChI=1S/C20H19ClN2O3/c1-13-12-23(8-4-10-25-13)20(24)15-11-17(18-7-3-9-26-18)22-19-14(15)5-2-6-16(19)21/h2-3,5-7,9,11,13H,4,8,10,12H2,1H3. The number of fused-ring (bicyclic) bond motifs is 1. The summed E-state index contributed by atoms with van der Waals surface area (Å²) in [6, 6.07) is 10.9. The molecule has 0 radical (unpaired) electrons. The fraction of sp³-hybridized carbons (Fsp3) is 0.300. The lowest BCUT2D eigenvalue weighted by Gasteiger charge is -2.23. The summed E-state index contributed by atoms with van der Waals surface area (Å²) in [5.41, 5.74) is 1.78. The Morgan fingerprint density at radius 3 is 3.00 bits per heavy atom. The summed E-state index contributed by atoms with van der Waals surface area (Å²) < 4.78 is 11.1. The molecule has 134 valence electrons. The summed E-state index contributed by atoms with van der Waals surface area (Å²) in [5, 5.41) is 1.26. The molecule has 0 saturated carbocycles. The minimum absolute atomic E-state index is 0.0164. The first-order valence-corrected chi connectivity index (χ1v) is 9.05. The first-order valence-electron chi connectivity index (χ1n) is 8.67. The molecule has 1 amide bonds. The van der Waals surface area contributed by atoms with Crippen LogP contribution in [-0.4, -0.2) is 41.6 Å². The van der Waals surface area contributed by atoms with Crippen LogP contribution in [0.25, 0.3) is 22.4 Å². The number of furan rings is 1. The number of amides is 1. The summed E-state index contributed by atoms with van der Waals surface area (Å²) in [6.45, 7) is 3.90. The van der Waals surface area contributed by atoms with Crippen molar-refractivity contribution in [1.82, 2.24) is 9.88 Å². The Kier molecular flexibility index (Phi) is 4.66. The van der Waals surface area contributed by atoms with E-state index in [0.717, 1.165) is 11.8 Å². The third-order valence-corrected chi connectivity index (χ3v) is 4.84. The number of hydrogen-bond acceptors (Lipinski definition) is 4. The van der Waals surface area contributed by atoms with Crippen LogP contribution in [0.1, 0.15) is 23.7 Å². The van der Waals surface area contributed by atoms with Gasteiger partial charge in [-0.15, -0.1) is 0 Å². The van der Waals surface area contributed by atoms with Crippen LogP contribution in [0, 0.1) is 0 Å². The Labute approximate surface area is 156 Å². The second-order valence-electron chi connectivity index (χ2n) is 6.45. The normalized spacial score (nSPS) is 18.1. The third kappa shape index (κ3) is 3.20. The van der Waals surface area contributed by atoms with Crippen molar-refractivity contribution in [3.63, 3.8) is 0 Å². The topological polar surface area (TPSA) is 55.6 Å². The molecule has 4 rings (SSSR count).